The van der Waals surface area contributed by atoms with Gasteiger partial charge in [-0.2, -0.15) is 0 Å². The average Bonchev–Trinajstić information content (AvgIpc) is 2.71. The highest BCUT2D eigenvalue weighted by Crippen LogP contribution is 2.26. The molecule has 2 aromatic carbocycles. The van der Waals surface area contributed by atoms with E-state index in [1.807, 2.05) is 0 Å². The molecule has 29 heavy (non-hydrogen) atoms. The molecule has 148 valence electrons. The zero-order valence-electron chi connectivity index (χ0n) is 15.2. The van der Waals surface area contributed by atoms with E-state index in [1.54, 1.807) is 30.3 Å². The summed E-state index contributed by atoms with van der Waals surface area (Å²) in [5.41, 5.74) is 0.0239. The van der Waals surface area contributed by atoms with E-state index in [9.17, 15) is 18.8 Å². The quantitative estimate of drug-likeness (QED) is 0.350. The maximum atomic E-state index is 14.2. The molecule has 1 aliphatic rings. The standard InChI is InChI=1S/C20H15FN2O5S/c1-27-17(24)11-28-16-9-5-2-6-12(16)10-13-18(25)22-20(29)23(19(13)26)15-8-4-3-7-14(15)21/h2-10H,11H2,1H3,(H,22,25,29)/b13-10+. The van der Waals surface area contributed by atoms with Crippen LogP contribution in [0.5, 0.6) is 5.75 Å². The van der Waals surface area contributed by atoms with Gasteiger partial charge in [-0.3, -0.25) is 14.9 Å². The molecule has 1 N–H and O–H groups in total. The lowest BCUT2D eigenvalue weighted by Crippen LogP contribution is -2.54. The molecule has 2 aromatic rings. The van der Waals surface area contributed by atoms with Crippen molar-refractivity contribution < 1.29 is 28.2 Å². The Morgan fingerprint density at radius 3 is 2.59 bits per heavy atom. The largest absolute Gasteiger partial charge is 0.481 e. The Morgan fingerprint density at radius 1 is 1.17 bits per heavy atom. The van der Waals surface area contributed by atoms with E-state index in [0.717, 1.165) is 4.90 Å². The number of hydrogen-bond donors (Lipinski definition) is 1. The molecular formula is C20H15FN2O5S. The predicted octanol–water partition coefficient (Wildman–Crippen LogP) is 2.21. The maximum Gasteiger partial charge on any atom is 0.343 e. The molecule has 2 amide bonds. The van der Waals surface area contributed by atoms with Crippen molar-refractivity contribution in [2.45, 2.75) is 0 Å². The van der Waals surface area contributed by atoms with Gasteiger partial charge in [0.25, 0.3) is 11.8 Å². The highest BCUT2D eigenvalue weighted by atomic mass is 32.1. The van der Waals surface area contributed by atoms with Gasteiger partial charge in [0.15, 0.2) is 11.7 Å². The zero-order valence-corrected chi connectivity index (χ0v) is 16.0. The number of anilines is 1. The van der Waals surface area contributed by atoms with Crippen LogP contribution in [0.25, 0.3) is 6.08 Å². The number of halogens is 1. The summed E-state index contributed by atoms with van der Waals surface area (Å²) in [4.78, 5) is 37.6. The first-order valence-electron chi connectivity index (χ1n) is 8.37. The fourth-order valence-corrected chi connectivity index (χ4v) is 2.87. The van der Waals surface area contributed by atoms with Crippen LogP contribution < -0.4 is 15.0 Å². The first kappa shape index (κ1) is 20.2. The Bertz CT molecular complexity index is 1040. The number of esters is 1. The molecule has 1 saturated heterocycles. The lowest BCUT2D eigenvalue weighted by atomic mass is 10.1. The molecular weight excluding hydrogens is 399 g/mol. The van der Waals surface area contributed by atoms with E-state index in [4.69, 9.17) is 17.0 Å². The Labute approximate surface area is 170 Å². The van der Waals surface area contributed by atoms with Crippen LogP contribution in [0, 0.1) is 5.82 Å². The summed E-state index contributed by atoms with van der Waals surface area (Å²) in [5, 5.41) is 2.16. The van der Waals surface area contributed by atoms with E-state index in [-0.39, 0.29) is 28.7 Å². The number of rotatable bonds is 5. The second kappa shape index (κ2) is 8.61. The summed E-state index contributed by atoms with van der Waals surface area (Å²) in [6.45, 7) is -0.345. The molecule has 0 atom stereocenters. The van der Waals surface area contributed by atoms with Crippen LogP contribution in [0.4, 0.5) is 10.1 Å². The topological polar surface area (TPSA) is 84.9 Å². The summed E-state index contributed by atoms with van der Waals surface area (Å²) in [5.74, 6) is -2.51. The second-order valence-electron chi connectivity index (χ2n) is 5.81. The number of thiocarbonyl (C=S) groups is 1. The van der Waals surface area contributed by atoms with Crippen molar-refractivity contribution in [1.29, 1.82) is 0 Å². The molecule has 1 aliphatic heterocycles. The van der Waals surface area contributed by atoms with Crippen molar-refractivity contribution in [2.24, 2.45) is 0 Å². The fraction of sp³-hybridized carbons (Fsp3) is 0.100. The normalized spacial score (nSPS) is 15.3. The van der Waals surface area contributed by atoms with Crippen molar-refractivity contribution in [3.63, 3.8) is 0 Å². The number of nitrogens with one attached hydrogen (secondary N) is 1. The first-order chi connectivity index (χ1) is 13.9. The van der Waals surface area contributed by atoms with Crippen molar-refractivity contribution in [2.75, 3.05) is 18.6 Å². The monoisotopic (exact) mass is 414 g/mol. The van der Waals surface area contributed by atoms with E-state index < -0.39 is 23.6 Å². The number of para-hydroxylation sites is 2. The van der Waals surface area contributed by atoms with Crippen LogP contribution in [0.2, 0.25) is 0 Å². The molecule has 1 heterocycles. The van der Waals surface area contributed by atoms with Crippen LogP contribution in [0.15, 0.2) is 54.1 Å². The van der Waals surface area contributed by atoms with Crippen LogP contribution >= 0.6 is 12.2 Å². The number of benzene rings is 2. The summed E-state index contributed by atoms with van der Waals surface area (Å²) in [7, 11) is 1.23. The van der Waals surface area contributed by atoms with Crippen LogP contribution in [0.1, 0.15) is 5.56 Å². The molecule has 1 fully saturated rings. The molecule has 0 aromatic heterocycles. The van der Waals surface area contributed by atoms with Crippen LogP contribution in [0.3, 0.4) is 0 Å². The predicted molar refractivity (Wildman–Crippen MR) is 107 cm³/mol. The molecule has 0 bridgehead atoms. The van der Waals surface area contributed by atoms with Crippen molar-refractivity contribution in [1.82, 2.24) is 5.32 Å². The Kier molecular flexibility index (Phi) is 5.99. The summed E-state index contributed by atoms with van der Waals surface area (Å²) in [6.07, 6.45) is 1.29. The maximum absolute atomic E-state index is 14.2. The average molecular weight is 414 g/mol. The number of amides is 2. The molecule has 7 nitrogen and oxygen atoms in total. The van der Waals surface area contributed by atoms with Gasteiger partial charge in [0.2, 0.25) is 0 Å². The second-order valence-corrected chi connectivity index (χ2v) is 6.20. The van der Waals surface area contributed by atoms with Gasteiger partial charge in [-0.05, 0) is 36.5 Å². The number of methoxy groups -OCH3 is 1. The number of ether oxygens (including phenoxy) is 2. The Balaban J connectivity index is 1.98. The zero-order chi connectivity index (χ0) is 21.0. The SMILES string of the molecule is COC(=O)COc1ccccc1/C=C1\C(=O)NC(=S)N(c2ccccc2F)C1=O. The van der Waals surface area contributed by atoms with Gasteiger partial charge in [0, 0.05) is 5.56 Å². The summed E-state index contributed by atoms with van der Waals surface area (Å²) < 4.78 is 24.1. The minimum absolute atomic E-state index is 0.0800. The Morgan fingerprint density at radius 2 is 1.86 bits per heavy atom. The highest BCUT2D eigenvalue weighted by Gasteiger charge is 2.35. The molecule has 3 rings (SSSR count). The third-order valence-corrected chi connectivity index (χ3v) is 4.27. The van der Waals surface area contributed by atoms with Crippen molar-refractivity contribution in [3.8, 4) is 5.75 Å². The molecule has 0 aliphatic carbocycles. The molecule has 9 heteroatoms. The number of hydrogen-bond acceptors (Lipinski definition) is 6. The molecule has 0 radical (unpaired) electrons. The highest BCUT2D eigenvalue weighted by molar-refractivity contribution is 7.80. The number of carbonyl (C=O) groups excluding carboxylic acids is 3. The van der Waals surface area contributed by atoms with E-state index in [1.165, 1.54) is 31.4 Å². The molecule has 0 spiro atoms. The van der Waals surface area contributed by atoms with Gasteiger partial charge in [-0.15, -0.1) is 0 Å². The number of carbonyl (C=O) groups is 3. The minimum Gasteiger partial charge on any atom is -0.481 e. The summed E-state index contributed by atoms with van der Waals surface area (Å²) >= 11 is 5.05. The lowest BCUT2D eigenvalue weighted by molar-refractivity contribution is -0.143. The van der Waals surface area contributed by atoms with Crippen molar-refractivity contribution >= 4 is 46.9 Å². The van der Waals surface area contributed by atoms with Gasteiger partial charge >= 0.3 is 5.97 Å². The van der Waals surface area contributed by atoms with Gasteiger partial charge < -0.3 is 9.47 Å². The third kappa shape index (κ3) is 4.30. The van der Waals surface area contributed by atoms with Gasteiger partial charge in [0.1, 0.15) is 17.1 Å². The number of nitrogens with zero attached hydrogens (tertiary/aromatic N) is 1. The summed E-state index contributed by atoms with van der Waals surface area (Å²) in [6, 6.07) is 12.1. The smallest absolute Gasteiger partial charge is 0.343 e. The van der Waals surface area contributed by atoms with E-state index in [0.29, 0.717) is 5.56 Å². The van der Waals surface area contributed by atoms with Crippen LogP contribution in [-0.4, -0.2) is 36.6 Å². The molecule has 0 saturated carbocycles. The Hall–Kier alpha value is -3.59. The third-order valence-electron chi connectivity index (χ3n) is 3.99. The molecule has 0 unspecified atom stereocenters. The van der Waals surface area contributed by atoms with Crippen molar-refractivity contribution in [3.05, 3.63) is 65.5 Å². The minimum atomic E-state index is -0.786. The van der Waals surface area contributed by atoms with Gasteiger partial charge in [0.05, 0.1) is 12.8 Å². The van der Waals surface area contributed by atoms with Gasteiger partial charge in [-0.1, -0.05) is 30.3 Å². The first-order valence-corrected chi connectivity index (χ1v) is 8.78. The van der Waals surface area contributed by atoms with E-state index >= 15 is 0 Å². The van der Waals surface area contributed by atoms with Crippen LogP contribution in [-0.2, 0) is 19.1 Å². The lowest BCUT2D eigenvalue weighted by Gasteiger charge is -2.29. The fourth-order valence-electron chi connectivity index (χ4n) is 2.59. The van der Waals surface area contributed by atoms with E-state index in [2.05, 4.69) is 10.1 Å². The van der Waals surface area contributed by atoms with Gasteiger partial charge in [-0.25, -0.2) is 14.1 Å².